The molecule has 1 nitrogen and oxygen atoms in total. The maximum Gasteiger partial charge on any atom is 2.00 e. The molecular formula is C20H21Cl2NTi-2. The maximum absolute atomic E-state index is 7.00. The second-order valence-electron chi connectivity index (χ2n) is 5.01. The van der Waals surface area contributed by atoms with Crippen LogP contribution in [0.1, 0.15) is 31.4 Å². The van der Waals surface area contributed by atoms with Gasteiger partial charge in [-0.1, -0.05) is 66.6 Å². The third kappa shape index (κ3) is 7.19. The molecule has 0 amide bonds. The Morgan fingerprint density at radius 1 is 0.917 bits per heavy atom. The van der Waals surface area contributed by atoms with Gasteiger partial charge in [0.25, 0.3) is 0 Å². The van der Waals surface area contributed by atoms with Crippen molar-refractivity contribution < 1.29 is 46.5 Å². The van der Waals surface area contributed by atoms with E-state index in [2.05, 4.69) is 56.7 Å². The molecule has 24 heavy (non-hydrogen) atoms. The minimum atomic E-state index is 0. The van der Waals surface area contributed by atoms with Crippen molar-refractivity contribution in [2.45, 2.75) is 20.3 Å². The van der Waals surface area contributed by atoms with Gasteiger partial charge in [-0.2, -0.15) is 18.1 Å². The van der Waals surface area contributed by atoms with E-state index in [0.717, 1.165) is 6.42 Å². The quantitative estimate of drug-likeness (QED) is 0.520. The van der Waals surface area contributed by atoms with Crippen LogP contribution in [0, 0.1) is 6.42 Å². The number of benzene rings is 2. The molecule has 2 aromatic carbocycles. The fraction of sp³-hybridized carbons (Fsp3) is 0.150. The minimum Gasteiger partial charge on any atom is -1.00 e. The van der Waals surface area contributed by atoms with Crippen LogP contribution in [-0.2, 0) is 21.7 Å². The van der Waals surface area contributed by atoms with Gasteiger partial charge in [-0.3, -0.25) is 0 Å². The largest absolute Gasteiger partial charge is 2.00 e. The van der Waals surface area contributed by atoms with E-state index in [-0.39, 0.29) is 46.5 Å². The summed E-state index contributed by atoms with van der Waals surface area (Å²) in [5.74, 6) is 0. The number of nitrogens with one attached hydrogen (secondary N) is 1. The van der Waals surface area contributed by atoms with Crippen LogP contribution < -0.4 is 24.8 Å². The van der Waals surface area contributed by atoms with Crippen molar-refractivity contribution in [2.75, 3.05) is 0 Å². The summed E-state index contributed by atoms with van der Waals surface area (Å²) < 4.78 is 0. The van der Waals surface area contributed by atoms with Gasteiger partial charge in [0.1, 0.15) is 0 Å². The summed E-state index contributed by atoms with van der Waals surface area (Å²) in [4.78, 5) is 0. The number of rotatable bonds is 2. The summed E-state index contributed by atoms with van der Waals surface area (Å²) >= 11 is 0. The molecule has 0 saturated heterocycles. The third-order valence-corrected chi connectivity index (χ3v) is 3.54. The number of hydrogen-bond donors (Lipinski definition) is 0. The summed E-state index contributed by atoms with van der Waals surface area (Å²) in [5.41, 5.74) is 13.2. The molecule has 0 radical (unpaired) electrons. The first kappa shape index (κ1) is 25.1. The van der Waals surface area contributed by atoms with Crippen molar-refractivity contribution in [3.63, 3.8) is 0 Å². The number of halogens is 2. The van der Waals surface area contributed by atoms with E-state index in [0.29, 0.717) is 5.69 Å². The first-order valence-corrected chi connectivity index (χ1v) is 7.24. The maximum atomic E-state index is 7.00. The molecule has 1 aliphatic rings. The molecule has 0 aliphatic heterocycles. The summed E-state index contributed by atoms with van der Waals surface area (Å²) in [6.45, 7) is 4.28. The van der Waals surface area contributed by atoms with Crippen molar-refractivity contribution in [1.82, 2.24) is 0 Å². The van der Waals surface area contributed by atoms with Gasteiger partial charge in [0.2, 0.25) is 0 Å². The Hall–Kier alpha value is -1.12. The molecule has 3 rings (SSSR count). The predicted octanol–water partition coefficient (Wildman–Crippen LogP) is 0.368. The fourth-order valence-corrected chi connectivity index (χ4v) is 2.40. The zero-order valence-electron chi connectivity index (χ0n) is 13.9. The van der Waals surface area contributed by atoms with Gasteiger partial charge in [0.15, 0.2) is 0 Å². The molecule has 0 spiro atoms. The van der Waals surface area contributed by atoms with E-state index in [1.807, 2.05) is 18.2 Å². The summed E-state index contributed by atoms with van der Waals surface area (Å²) in [7, 11) is 0. The van der Waals surface area contributed by atoms with E-state index < -0.39 is 0 Å². The molecule has 1 N–H and O–H groups in total. The molecule has 2 aromatic rings. The summed E-state index contributed by atoms with van der Waals surface area (Å²) in [6, 6.07) is 17.7. The standard InChI is InChI=1S/C14H15.C6H6N.2ClH.Ti/c1-3-12-8-4-5-9-14(12)13-10-6-7-11(13)2;7-6-4-2-1-3-5-6;;;/h3-9H,10H2,1-2H3;1-5,7H;2*1H;/q2*-1;;;+2/p-2. The SMILES string of the molecule is C[CH-]c1ccccc1C1=C(C)C=CC1.[Cl-].[Cl-].[NH-]c1ccccc1.[Ti+2]. The molecular weight excluding hydrogens is 373 g/mol. The molecule has 1 aliphatic carbocycles. The van der Waals surface area contributed by atoms with Gasteiger partial charge in [-0.05, 0) is 13.3 Å². The van der Waals surface area contributed by atoms with Gasteiger partial charge < -0.3 is 30.5 Å². The van der Waals surface area contributed by atoms with Crippen molar-refractivity contribution in [3.8, 4) is 0 Å². The Labute approximate surface area is 173 Å². The van der Waals surface area contributed by atoms with Gasteiger partial charge in [-0.25, -0.2) is 0 Å². The second kappa shape index (κ2) is 13.2. The number of hydrogen-bond acceptors (Lipinski definition) is 0. The van der Waals surface area contributed by atoms with E-state index in [1.165, 1.54) is 22.3 Å². The molecule has 4 heteroatoms. The van der Waals surface area contributed by atoms with E-state index in [4.69, 9.17) is 5.73 Å². The molecule has 0 saturated carbocycles. The van der Waals surface area contributed by atoms with Crippen molar-refractivity contribution in [3.05, 3.63) is 95.6 Å². The molecule has 0 unspecified atom stereocenters. The zero-order valence-corrected chi connectivity index (χ0v) is 17.0. The van der Waals surface area contributed by atoms with Crippen molar-refractivity contribution in [2.24, 2.45) is 0 Å². The molecule has 0 atom stereocenters. The number of allylic oxidation sites excluding steroid dienone is 4. The summed E-state index contributed by atoms with van der Waals surface area (Å²) in [5, 5.41) is 0. The Morgan fingerprint density at radius 3 is 1.96 bits per heavy atom. The Bertz CT molecular complexity index is 652. The van der Waals surface area contributed by atoms with Crippen LogP contribution in [0.25, 0.3) is 11.3 Å². The van der Waals surface area contributed by atoms with Crippen LogP contribution >= 0.6 is 0 Å². The van der Waals surface area contributed by atoms with Gasteiger partial charge in [-0.15, -0.1) is 23.4 Å². The molecule has 0 fully saturated rings. The third-order valence-electron chi connectivity index (χ3n) is 3.54. The predicted molar refractivity (Wildman–Crippen MR) is 92.3 cm³/mol. The van der Waals surface area contributed by atoms with Crippen LogP contribution in [0.15, 0.2) is 72.3 Å². The topological polar surface area (TPSA) is 23.8 Å². The Morgan fingerprint density at radius 2 is 1.50 bits per heavy atom. The van der Waals surface area contributed by atoms with Gasteiger partial charge >= 0.3 is 21.7 Å². The second-order valence-corrected chi connectivity index (χ2v) is 5.01. The first-order chi connectivity index (χ1) is 10.2. The van der Waals surface area contributed by atoms with Crippen LogP contribution in [0.3, 0.4) is 0 Å². The van der Waals surface area contributed by atoms with Gasteiger partial charge in [0.05, 0.1) is 0 Å². The van der Waals surface area contributed by atoms with Crippen LogP contribution in [0.4, 0.5) is 5.69 Å². The average Bonchev–Trinajstić information content (AvgIpc) is 2.94. The fourth-order valence-electron chi connectivity index (χ4n) is 2.40. The van der Waals surface area contributed by atoms with Crippen LogP contribution in [0.2, 0.25) is 0 Å². The van der Waals surface area contributed by atoms with Crippen molar-refractivity contribution >= 4 is 11.3 Å². The van der Waals surface area contributed by atoms with Crippen molar-refractivity contribution in [1.29, 1.82) is 0 Å². The Kier molecular flexibility index (Phi) is 13.8. The molecule has 0 aromatic heterocycles. The monoisotopic (exact) mass is 393 g/mol. The normalized spacial score (nSPS) is 11.2. The molecule has 126 valence electrons. The van der Waals surface area contributed by atoms with Crippen LogP contribution in [-0.4, -0.2) is 0 Å². The average molecular weight is 394 g/mol. The smallest absolute Gasteiger partial charge is 1.00 e. The Balaban J connectivity index is 0. The zero-order chi connectivity index (χ0) is 15.1. The van der Waals surface area contributed by atoms with E-state index >= 15 is 0 Å². The van der Waals surface area contributed by atoms with Crippen LogP contribution in [0.5, 0.6) is 0 Å². The molecule has 0 heterocycles. The van der Waals surface area contributed by atoms with E-state index in [1.54, 1.807) is 12.1 Å². The van der Waals surface area contributed by atoms with E-state index in [9.17, 15) is 0 Å². The minimum absolute atomic E-state index is 0. The van der Waals surface area contributed by atoms with Gasteiger partial charge in [0, 0.05) is 0 Å². The first-order valence-electron chi connectivity index (χ1n) is 7.24. The molecule has 0 bridgehead atoms. The summed E-state index contributed by atoms with van der Waals surface area (Å²) in [6.07, 6.45) is 7.70.